The van der Waals surface area contributed by atoms with Gasteiger partial charge < -0.3 is 15.1 Å². The van der Waals surface area contributed by atoms with Gasteiger partial charge in [0.15, 0.2) is 0 Å². The number of aromatic nitrogens is 2. The first-order valence-electron chi connectivity index (χ1n) is 7.35. The Kier molecular flexibility index (Phi) is 5.55. The van der Waals surface area contributed by atoms with Crippen molar-refractivity contribution < 1.29 is 4.74 Å². The van der Waals surface area contributed by atoms with Crippen molar-refractivity contribution in [3.63, 3.8) is 0 Å². The number of hydrogen-bond donors (Lipinski definition) is 2. The summed E-state index contributed by atoms with van der Waals surface area (Å²) in [4.78, 5) is 11.4. The number of methoxy groups -OCH3 is 1. The molecule has 3 N–H and O–H groups in total. The van der Waals surface area contributed by atoms with E-state index in [0.717, 1.165) is 44.2 Å². The number of nitrogens with zero attached hydrogens (tertiary/aromatic N) is 3. The lowest BCUT2D eigenvalue weighted by Crippen LogP contribution is -2.37. The van der Waals surface area contributed by atoms with Crippen LogP contribution in [0.5, 0.6) is 0 Å². The van der Waals surface area contributed by atoms with Gasteiger partial charge in [-0.1, -0.05) is 6.92 Å². The molecule has 1 fully saturated rings. The van der Waals surface area contributed by atoms with Crippen molar-refractivity contribution in [2.24, 2.45) is 11.8 Å². The number of ether oxygens (including phenoxy) is 1. The molecule has 0 spiro atoms. The molecule has 1 aliphatic rings. The number of rotatable bonds is 6. The minimum Gasteiger partial charge on any atom is -0.384 e. The van der Waals surface area contributed by atoms with Crippen LogP contribution in [0.4, 0.5) is 11.6 Å². The molecule has 0 aliphatic carbocycles. The molecule has 1 atom stereocenters. The van der Waals surface area contributed by atoms with Gasteiger partial charge >= 0.3 is 0 Å². The SMILES string of the molecule is CCCc1nc(NN)cc(N2CCCC(COC)C2)n1. The summed E-state index contributed by atoms with van der Waals surface area (Å²) in [7, 11) is 1.76. The van der Waals surface area contributed by atoms with Crippen molar-refractivity contribution in [3.05, 3.63) is 11.9 Å². The molecule has 1 saturated heterocycles. The highest BCUT2D eigenvalue weighted by Crippen LogP contribution is 2.23. The molecule has 0 amide bonds. The predicted molar refractivity (Wildman–Crippen MR) is 80.7 cm³/mol. The van der Waals surface area contributed by atoms with E-state index in [9.17, 15) is 0 Å². The molecular weight excluding hydrogens is 254 g/mol. The van der Waals surface area contributed by atoms with Gasteiger partial charge in [-0.2, -0.15) is 0 Å². The minimum atomic E-state index is 0.577. The van der Waals surface area contributed by atoms with Gasteiger partial charge in [0, 0.05) is 32.7 Å². The molecule has 0 bridgehead atoms. The van der Waals surface area contributed by atoms with Gasteiger partial charge in [0.25, 0.3) is 0 Å². The molecule has 0 saturated carbocycles. The first-order chi connectivity index (χ1) is 9.76. The zero-order chi connectivity index (χ0) is 14.4. The van der Waals surface area contributed by atoms with E-state index in [1.807, 2.05) is 6.07 Å². The van der Waals surface area contributed by atoms with Crippen molar-refractivity contribution >= 4 is 11.6 Å². The molecule has 6 nitrogen and oxygen atoms in total. The van der Waals surface area contributed by atoms with Crippen LogP contribution in [0.15, 0.2) is 6.07 Å². The fourth-order valence-electron chi connectivity index (χ4n) is 2.70. The Hall–Kier alpha value is -1.40. The summed E-state index contributed by atoms with van der Waals surface area (Å²) in [6, 6.07) is 1.92. The first kappa shape index (κ1) is 15.0. The third-order valence-corrected chi connectivity index (χ3v) is 3.63. The monoisotopic (exact) mass is 279 g/mol. The Bertz CT molecular complexity index is 424. The van der Waals surface area contributed by atoms with Crippen molar-refractivity contribution in [2.45, 2.75) is 32.6 Å². The largest absolute Gasteiger partial charge is 0.384 e. The first-order valence-corrected chi connectivity index (χ1v) is 7.35. The van der Waals surface area contributed by atoms with Crippen molar-refractivity contribution in [2.75, 3.05) is 37.1 Å². The number of aryl methyl sites for hydroxylation is 1. The Morgan fingerprint density at radius 3 is 3.05 bits per heavy atom. The number of hydrazine groups is 1. The van der Waals surface area contributed by atoms with Crippen LogP contribution >= 0.6 is 0 Å². The van der Waals surface area contributed by atoms with Gasteiger partial charge in [0.1, 0.15) is 17.5 Å². The molecule has 112 valence electrons. The maximum atomic E-state index is 5.51. The summed E-state index contributed by atoms with van der Waals surface area (Å²) >= 11 is 0. The lowest BCUT2D eigenvalue weighted by Gasteiger charge is -2.33. The van der Waals surface area contributed by atoms with Gasteiger partial charge in [-0.25, -0.2) is 15.8 Å². The Morgan fingerprint density at radius 2 is 2.35 bits per heavy atom. The maximum Gasteiger partial charge on any atom is 0.145 e. The van der Waals surface area contributed by atoms with Crippen LogP contribution < -0.4 is 16.2 Å². The second-order valence-electron chi connectivity index (χ2n) is 5.33. The molecule has 1 aromatic heterocycles. The summed E-state index contributed by atoms with van der Waals surface area (Å²) in [5.41, 5.74) is 2.64. The summed E-state index contributed by atoms with van der Waals surface area (Å²) in [5, 5.41) is 0. The van der Waals surface area contributed by atoms with E-state index in [4.69, 9.17) is 10.6 Å². The highest BCUT2D eigenvalue weighted by Gasteiger charge is 2.21. The molecule has 0 radical (unpaired) electrons. The van der Waals surface area contributed by atoms with E-state index < -0.39 is 0 Å². The van der Waals surface area contributed by atoms with E-state index in [0.29, 0.717) is 11.7 Å². The van der Waals surface area contributed by atoms with E-state index >= 15 is 0 Å². The zero-order valence-electron chi connectivity index (χ0n) is 12.4. The molecule has 2 heterocycles. The zero-order valence-corrected chi connectivity index (χ0v) is 12.4. The molecular formula is C14H25N5O. The van der Waals surface area contributed by atoms with E-state index in [2.05, 4.69) is 27.2 Å². The smallest absolute Gasteiger partial charge is 0.145 e. The Morgan fingerprint density at radius 1 is 1.50 bits per heavy atom. The van der Waals surface area contributed by atoms with Gasteiger partial charge in [-0.05, 0) is 25.2 Å². The van der Waals surface area contributed by atoms with Crippen molar-refractivity contribution in [1.82, 2.24) is 9.97 Å². The highest BCUT2D eigenvalue weighted by atomic mass is 16.5. The number of hydrogen-bond acceptors (Lipinski definition) is 6. The number of piperidine rings is 1. The lowest BCUT2D eigenvalue weighted by atomic mass is 9.99. The maximum absolute atomic E-state index is 5.51. The topological polar surface area (TPSA) is 76.3 Å². The van der Waals surface area contributed by atoms with Crippen LogP contribution in [0, 0.1) is 5.92 Å². The molecule has 20 heavy (non-hydrogen) atoms. The quantitative estimate of drug-likeness (QED) is 0.608. The molecule has 6 heteroatoms. The van der Waals surface area contributed by atoms with E-state index in [1.165, 1.54) is 12.8 Å². The van der Waals surface area contributed by atoms with Crippen LogP contribution in [0.1, 0.15) is 32.0 Å². The van der Waals surface area contributed by atoms with Gasteiger partial charge in [-0.3, -0.25) is 0 Å². The summed E-state index contributed by atoms with van der Waals surface area (Å²) in [5.74, 6) is 8.60. The van der Waals surface area contributed by atoms with Crippen molar-refractivity contribution in [1.29, 1.82) is 0 Å². The van der Waals surface area contributed by atoms with Gasteiger partial charge in [0.2, 0.25) is 0 Å². The summed E-state index contributed by atoms with van der Waals surface area (Å²) in [6.45, 7) is 4.96. The molecule has 2 rings (SSSR count). The van der Waals surface area contributed by atoms with Gasteiger partial charge in [-0.15, -0.1) is 0 Å². The minimum absolute atomic E-state index is 0.577. The predicted octanol–water partition coefficient (Wildman–Crippen LogP) is 1.58. The summed E-state index contributed by atoms with van der Waals surface area (Å²) < 4.78 is 5.28. The van der Waals surface area contributed by atoms with Crippen LogP contribution in [0.3, 0.4) is 0 Å². The van der Waals surface area contributed by atoms with Crippen molar-refractivity contribution in [3.8, 4) is 0 Å². The lowest BCUT2D eigenvalue weighted by molar-refractivity contribution is 0.143. The fourth-order valence-corrected chi connectivity index (χ4v) is 2.70. The van der Waals surface area contributed by atoms with Gasteiger partial charge in [0.05, 0.1) is 6.61 Å². The summed E-state index contributed by atoms with van der Waals surface area (Å²) in [6.07, 6.45) is 4.30. The van der Waals surface area contributed by atoms with E-state index in [1.54, 1.807) is 7.11 Å². The Balaban J connectivity index is 2.15. The average molecular weight is 279 g/mol. The highest BCUT2D eigenvalue weighted by molar-refractivity contribution is 5.49. The van der Waals surface area contributed by atoms with Crippen LogP contribution in [0.25, 0.3) is 0 Å². The fraction of sp³-hybridized carbons (Fsp3) is 0.714. The van der Waals surface area contributed by atoms with Crippen LogP contribution in [-0.2, 0) is 11.2 Å². The van der Waals surface area contributed by atoms with Crippen LogP contribution in [0.2, 0.25) is 0 Å². The number of anilines is 2. The number of nitrogen functional groups attached to an aromatic ring is 1. The second kappa shape index (κ2) is 7.40. The third kappa shape index (κ3) is 3.80. The molecule has 1 aromatic rings. The molecule has 0 aromatic carbocycles. The Labute approximate surface area is 120 Å². The standard InChI is InChI=1S/C14H25N5O/c1-3-5-12-16-13(18-15)8-14(17-12)19-7-4-6-11(9-19)10-20-2/h8,11H,3-7,9-10,15H2,1-2H3,(H,16,17,18). The van der Waals surface area contributed by atoms with Crippen LogP contribution in [-0.4, -0.2) is 36.8 Å². The molecule has 1 unspecified atom stereocenters. The third-order valence-electron chi connectivity index (χ3n) is 3.63. The molecule has 1 aliphatic heterocycles. The van der Waals surface area contributed by atoms with E-state index in [-0.39, 0.29) is 0 Å². The number of nitrogens with one attached hydrogen (secondary N) is 1. The average Bonchev–Trinajstić information content (AvgIpc) is 2.48. The second-order valence-corrected chi connectivity index (χ2v) is 5.33. The number of nitrogens with two attached hydrogens (primary N) is 1. The normalized spacial score (nSPS) is 19.1.